The van der Waals surface area contributed by atoms with E-state index in [0.717, 1.165) is 17.0 Å². The largest absolute Gasteiger partial charge is 0.356 e. The molecule has 1 amide bonds. The highest BCUT2D eigenvalue weighted by atomic mass is 32.2. The van der Waals surface area contributed by atoms with E-state index in [2.05, 4.69) is 5.32 Å². The summed E-state index contributed by atoms with van der Waals surface area (Å²) in [5.41, 5.74) is 0.820. The van der Waals surface area contributed by atoms with Crippen LogP contribution in [0, 0.1) is 0 Å². The first kappa shape index (κ1) is 18.2. The monoisotopic (exact) mass is 326 g/mol. The number of rotatable bonds is 8. The Morgan fingerprint density at radius 3 is 2.50 bits per heavy atom. The molecule has 1 aromatic carbocycles. The van der Waals surface area contributed by atoms with Crippen molar-refractivity contribution in [3.63, 3.8) is 0 Å². The zero-order chi connectivity index (χ0) is 16.8. The van der Waals surface area contributed by atoms with Crippen molar-refractivity contribution in [1.82, 2.24) is 5.32 Å². The van der Waals surface area contributed by atoms with Gasteiger partial charge in [-0.3, -0.25) is 13.9 Å². The number of hydrogen-bond donors (Lipinski definition) is 1. The van der Waals surface area contributed by atoms with E-state index in [4.69, 9.17) is 0 Å². The van der Waals surface area contributed by atoms with Crippen molar-refractivity contribution in [3.8, 4) is 0 Å². The Balaban J connectivity index is 2.93. The normalized spacial score (nSPS) is 11.0. The summed E-state index contributed by atoms with van der Waals surface area (Å²) < 4.78 is 25.0. The van der Waals surface area contributed by atoms with Gasteiger partial charge in [0.15, 0.2) is 5.78 Å². The number of amides is 1. The van der Waals surface area contributed by atoms with E-state index in [1.54, 1.807) is 18.2 Å². The Kier molecular flexibility index (Phi) is 6.55. The van der Waals surface area contributed by atoms with Crippen LogP contribution in [0.15, 0.2) is 24.3 Å². The summed E-state index contributed by atoms with van der Waals surface area (Å²) in [5.74, 6) is -0.339. The van der Waals surface area contributed by atoms with Gasteiger partial charge in [-0.05, 0) is 25.5 Å². The van der Waals surface area contributed by atoms with Gasteiger partial charge in [-0.1, -0.05) is 19.1 Å². The molecule has 22 heavy (non-hydrogen) atoms. The Morgan fingerprint density at radius 1 is 1.27 bits per heavy atom. The third-order valence-corrected chi connectivity index (χ3v) is 4.25. The topological polar surface area (TPSA) is 83.6 Å². The standard InChI is InChI=1S/C15H22N2O4S/c1-4-9-16-15(19)8-10-17(22(3,20)21)14-7-5-6-13(11-14)12(2)18/h5-7,11H,4,8-10H2,1-3H3,(H,16,19). The van der Waals surface area contributed by atoms with Crippen LogP contribution in [0.5, 0.6) is 0 Å². The lowest BCUT2D eigenvalue weighted by molar-refractivity contribution is -0.120. The number of sulfonamides is 1. The molecule has 0 aromatic heterocycles. The fraction of sp³-hybridized carbons (Fsp3) is 0.467. The molecule has 0 bridgehead atoms. The molecular weight excluding hydrogens is 304 g/mol. The van der Waals surface area contributed by atoms with E-state index >= 15 is 0 Å². The number of ketones is 1. The minimum Gasteiger partial charge on any atom is -0.356 e. The predicted octanol–water partition coefficient (Wildman–Crippen LogP) is 1.57. The zero-order valence-electron chi connectivity index (χ0n) is 13.1. The average Bonchev–Trinajstić information content (AvgIpc) is 2.44. The Hall–Kier alpha value is -1.89. The van der Waals surface area contributed by atoms with Gasteiger partial charge in [-0.2, -0.15) is 0 Å². The molecule has 0 fully saturated rings. The molecule has 1 aromatic rings. The predicted molar refractivity (Wildman–Crippen MR) is 86.6 cm³/mol. The number of nitrogens with one attached hydrogen (secondary N) is 1. The van der Waals surface area contributed by atoms with Crippen molar-refractivity contribution < 1.29 is 18.0 Å². The molecule has 0 aliphatic carbocycles. The van der Waals surface area contributed by atoms with Crippen molar-refractivity contribution >= 4 is 27.4 Å². The molecule has 1 N–H and O–H groups in total. The number of Topliss-reactive ketones (excluding diaryl/α,β-unsaturated/α-hetero) is 1. The molecule has 0 unspecified atom stereocenters. The fourth-order valence-electron chi connectivity index (χ4n) is 1.92. The maximum Gasteiger partial charge on any atom is 0.232 e. The molecule has 1 rings (SSSR count). The smallest absolute Gasteiger partial charge is 0.232 e. The molecule has 0 heterocycles. The summed E-state index contributed by atoms with van der Waals surface area (Å²) in [6.45, 7) is 3.96. The molecule has 0 saturated heterocycles. The zero-order valence-corrected chi connectivity index (χ0v) is 13.9. The number of carbonyl (C=O) groups excluding carboxylic acids is 2. The van der Waals surface area contributed by atoms with Crippen molar-refractivity contribution in [1.29, 1.82) is 0 Å². The first-order valence-electron chi connectivity index (χ1n) is 7.11. The minimum atomic E-state index is -3.53. The van der Waals surface area contributed by atoms with Crippen LogP contribution in [-0.2, 0) is 14.8 Å². The first-order chi connectivity index (χ1) is 10.3. The molecule has 0 aliphatic rings. The van der Waals surface area contributed by atoms with Gasteiger partial charge in [-0.15, -0.1) is 0 Å². The summed E-state index contributed by atoms with van der Waals surface area (Å²) in [5, 5.41) is 2.71. The molecule has 0 spiro atoms. The summed E-state index contributed by atoms with van der Waals surface area (Å²) in [4.78, 5) is 23.1. The van der Waals surface area contributed by atoms with Crippen LogP contribution >= 0.6 is 0 Å². The molecule has 122 valence electrons. The van der Waals surface area contributed by atoms with E-state index in [0.29, 0.717) is 17.8 Å². The van der Waals surface area contributed by atoms with E-state index in [-0.39, 0.29) is 24.7 Å². The summed E-state index contributed by atoms with van der Waals surface area (Å²) in [7, 11) is -3.53. The summed E-state index contributed by atoms with van der Waals surface area (Å²) >= 11 is 0. The molecule has 0 atom stereocenters. The Morgan fingerprint density at radius 2 is 1.95 bits per heavy atom. The van der Waals surface area contributed by atoms with E-state index < -0.39 is 10.0 Å². The number of benzene rings is 1. The molecular formula is C15H22N2O4S. The number of hydrogen-bond acceptors (Lipinski definition) is 4. The van der Waals surface area contributed by atoms with Crippen LogP contribution in [0.25, 0.3) is 0 Å². The van der Waals surface area contributed by atoms with E-state index in [9.17, 15) is 18.0 Å². The Labute approximate surface area is 131 Å². The third kappa shape index (κ3) is 5.48. The van der Waals surface area contributed by atoms with E-state index in [1.807, 2.05) is 6.92 Å². The van der Waals surface area contributed by atoms with Crippen LogP contribution in [0.2, 0.25) is 0 Å². The van der Waals surface area contributed by atoms with Gasteiger partial charge >= 0.3 is 0 Å². The third-order valence-electron chi connectivity index (χ3n) is 3.06. The van der Waals surface area contributed by atoms with Crippen LogP contribution < -0.4 is 9.62 Å². The van der Waals surface area contributed by atoms with Gasteiger partial charge in [0.25, 0.3) is 0 Å². The summed E-state index contributed by atoms with van der Waals surface area (Å²) in [6.07, 6.45) is 1.97. The fourth-order valence-corrected chi connectivity index (χ4v) is 2.84. The molecule has 0 radical (unpaired) electrons. The van der Waals surface area contributed by atoms with Crippen molar-refractivity contribution in [2.75, 3.05) is 23.7 Å². The lowest BCUT2D eigenvalue weighted by atomic mass is 10.1. The van der Waals surface area contributed by atoms with Crippen molar-refractivity contribution in [3.05, 3.63) is 29.8 Å². The van der Waals surface area contributed by atoms with Crippen LogP contribution in [0.4, 0.5) is 5.69 Å². The average molecular weight is 326 g/mol. The second-order valence-electron chi connectivity index (χ2n) is 5.04. The first-order valence-corrected chi connectivity index (χ1v) is 8.96. The second kappa shape index (κ2) is 7.93. The molecule has 7 heteroatoms. The lowest BCUT2D eigenvalue weighted by Crippen LogP contribution is -2.34. The minimum absolute atomic E-state index is 0.0374. The van der Waals surface area contributed by atoms with E-state index in [1.165, 1.54) is 13.0 Å². The Bertz CT molecular complexity index is 641. The van der Waals surface area contributed by atoms with Gasteiger partial charge < -0.3 is 5.32 Å². The van der Waals surface area contributed by atoms with Gasteiger partial charge in [-0.25, -0.2) is 8.42 Å². The number of carbonyl (C=O) groups is 2. The van der Waals surface area contributed by atoms with Crippen LogP contribution in [0.1, 0.15) is 37.0 Å². The highest BCUT2D eigenvalue weighted by Gasteiger charge is 2.19. The van der Waals surface area contributed by atoms with Gasteiger partial charge in [0, 0.05) is 25.1 Å². The molecule has 0 saturated carbocycles. The van der Waals surface area contributed by atoms with Gasteiger partial charge in [0.2, 0.25) is 15.9 Å². The number of nitrogens with zero attached hydrogens (tertiary/aromatic N) is 1. The van der Waals surface area contributed by atoms with Crippen LogP contribution in [-0.4, -0.2) is 39.5 Å². The van der Waals surface area contributed by atoms with Gasteiger partial charge in [0.1, 0.15) is 0 Å². The summed E-state index contributed by atoms with van der Waals surface area (Å²) in [6, 6.07) is 6.38. The number of anilines is 1. The lowest BCUT2D eigenvalue weighted by Gasteiger charge is -2.22. The quantitative estimate of drug-likeness (QED) is 0.735. The molecule has 0 aliphatic heterocycles. The van der Waals surface area contributed by atoms with Crippen molar-refractivity contribution in [2.45, 2.75) is 26.7 Å². The highest BCUT2D eigenvalue weighted by molar-refractivity contribution is 7.92. The molecule has 6 nitrogen and oxygen atoms in total. The SMILES string of the molecule is CCCNC(=O)CCN(c1cccc(C(C)=O)c1)S(C)(=O)=O. The maximum absolute atomic E-state index is 11.9. The van der Waals surface area contributed by atoms with Crippen molar-refractivity contribution in [2.24, 2.45) is 0 Å². The highest BCUT2D eigenvalue weighted by Crippen LogP contribution is 2.19. The van der Waals surface area contributed by atoms with Crippen LogP contribution in [0.3, 0.4) is 0 Å². The van der Waals surface area contributed by atoms with Gasteiger partial charge in [0.05, 0.1) is 11.9 Å². The maximum atomic E-state index is 11.9. The second-order valence-corrected chi connectivity index (χ2v) is 6.95.